The first kappa shape index (κ1) is 20.9. The predicted octanol–water partition coefficient (Wildman–Crippen LogP) is 5.17. The van der Waals surface area contributed by atoms with Gasteiger partial charge in [0, 0.05) is 11.3 Å². The average Bonchev–Trinajstić information content (AvgIpc) is 3.17. The van der Waals surface area contributed by atoms with E-state index in [-0.39, 0.29) is 23.0 Å². The summed E-state index contributed by atoms with van der Waals surface area (Å²) < 4.78 is 19.3. The summed E-state index contributed by atoms with van der Waals surface area (Å²) in [5.74, 6) is 0.159. The summed E-state index contributed by atoms with van der Waals surface area (Å²) >= 11 is 1.49. The van der Waals surface area contributed by atoms with E-state index in [1.165, 1.54) is 24.9 Å². The van der Waals surface area contributed by atoms with Gasteiger partial charge >= 0.3 is 0 Å². The maximum absolute atomic E-state index is 14.1. The third kappa shape index (κ3) is 4.14. The number of hydrogen-bond donors (Lipinski definition) is 1. The van der Waals surface area contributed by atoms with Gasteiger partial charge in [-0.25, -0.2) is 4.39 Å². The molecule has 0 aliphatic carbocycles. The van der Waals surface area contributed by atoms with E-state index < -0.39 is 0 Å². The molecule has 0 aromatic heterocycles. The highest BCUT2D eigenvalue weighted by Gasteiger charge is 2.35. The van der Waals surface area contributed by atoms with Crippen molar-refractivity contribution < 1.29 is 18.7 Å². The van der Waals surface area contributed by atoms with Crippen LogP contribution in [-0.4, -0.2) is 24.7 Å². The van der Waals surface area contributed by atoms with Crippen LogP contribution in [0.5, 0.6) is 5.75 Å². The molecule has 2 amide bonds. The number of para-hydroxylation sites is 1. The van der Waals surface area contributed by atoms with Crippen LogP contribution in [0.4, 0.5) is 15.8 Å². The second-order valence-corrected chi connectivity index (χ2v) is 8.16. The largest absolute Gasteiger partial charge is 0.496 e. The van der Waals surface area contributed by atoms with E-state index in [4.69, 9.17) is 4.74 Å². The minimum atomic E-state index is -0.338. The Kier molecular flexibility index (Phi) is 5.95. The summed E-state index contributed by atoms with van der Waals surface area (Å²) in [7, 11) is 1.52. The lowest BCUT2D eigenvalue weighted by atomic mass is 10.1. The van der Waals surface area contributed by atoms with Gasteiger partial charge in [0.15, 0.2) is 0 Å². The van der Waals surface area contributed by atoms with E-state index in [1.807, 2.05) is 12.1 Å². The molecule has 3 aromatic rings. The zero-order chi connectivity index (χ0) is 22.0. The average molecular weight is 437 g/mol. The van der Waals surface area contributed by atoms with Crippen LogP contribution in [0.25, 0.3) is 0 Å². The van der Waals surface area contributed by atoms with Crippen LogP contribution in [0.1, 0.15) is 26.9 Å². The molecule has 0 saturated carbocycles. The summed E-state index contributed by atoms with van der Waals surface area (Å²) in [5.41, 5.74) is 2.99. The van der Waals surface area contributed by atoms with Crippen molar-refractivity contribution in [1.29, 1.82) is 0 Å². The van der Waals surface area contributed by atoms with E-state index in [1.54, 1.807) is 60.4 Å². The number of nitrogens with one attached hydrogen (secondary N) is 1. The minimum Gasteiger partial charge on any atom is -0.496 e. The molecule has 1 saturated heterocycles. The quantitative estimate of drug-likeness (QED) is 0.599. The predicted molar refractivity (Wildman–Crippen MR) is 121 cm³/mol. The fraction of sp³-hybridized carbons (Fsp3) is 0.167. The zero-order valence-corrected chi connectivity index (χ0v) is 17.9. The SMILES string of the molecule is COc1ccccc1C(=O)Nc1ccc(C2SCC(=O)N2c2cccc(F)c2C)cc1. The number of carbonyl (C=O) groups excluding carboxylic acids is 2. The molecule has 1 unspecified atom stereocenters. The van der Waals surface area contributed by atoms with E-state index >= 15 is 0 Å². The lowest BCUT2D eigenvalue weighted by Crippen LogP contribution is -2.28. The van der Waals surface area contributed by atoms with Crippen LogP contribution >= 0.6 is 11.8 Å². The van der Waals surface area contributed by atoms with Crippen molar-refractivity contribution in [3.8, 4) is 5.75 Å². The van der Waals surface area contributed by atoms with Crippen molar-refractivity contribution in [2.45, 2.75) is 12.3 Å². The molecule has 0 spiro atoms. The third-order valence-corrected chi connectivity index (χ3v) is 6.38. The lowest BCUT2D eigenvalue weighted by Gasteiger charge is -2.26. The standard InChI is InChI=1S/C24H21FN2O3S/c1-15-19(25)7-5-8-20(15)27-22(28)14-31-24(27)16-10-12-17(13-11-16)26-23(29)18-6-3-4-9-21(18)30-2/h3-13,24H,14H2,1-2H3,(H,26,29). The molecule has 7 heteroatoms. The molecule has 31 heavy (non-hydrogen) atoms. The van der Waals surface area contributed by atoms with Gasteiger partial charge in [-0.3, -0.25) is 14.5 Å². The van der Waals surface area contributed by atoms with Gasteiger partial charge in [0.05, 0.1) is 24.1 Å². The van der Waals surface area contributed by atoms with Gasteiger partial charge in [0.25, 0.3) is 5.91 Å². The second kappa shape index (κ2) is 8.81. The monoisotopic (exact) mass is 436 g/mol. The first-order valence-corrected chi connectivity index (χ1v) is 10.8. The Bertz CT molecular complexity index is 1130. The number of ether oxygens (including phenoxy) is 1. The third-order valence-electron chi connectivity index (χ3n) is 5.17. The van der Waals surface area contributed by atoms with Crippen molar-refractivity contribution in [2.24, 2.45) is 0 Å². The molecule has 1 atom stereocenters. The van der Waals surface area contributed by atoms with Gasteiger partial charge in [-0.05, 0) is 48.9 Å². The van der Waals surface area contributed by atoms with Gasteiger partial charge < -0.3 is 10.1 Å². The van der Waals surface area contributed by atoms with Crippen molar-refractivity contribution in [1.82, 2.24) is 0 Å². The number of thioether (sulfide) groups is 1. The van der Waals surface area contributed by atoms with Crippen molar-refractivity contribution >= 4 is 35.0 Å². The maximum atomic E-state index is 14.1. The Morgan fingerprint density at radius 2 is 1.84 bits per heavy atom. The van der Waals surface area contributed by atoms with E-state index in [0.29, 0.717) is 34.0 Å². The Hall–Kier alpha value is -3.32. The molecule has 0 radical (unpaired) electrons. The summed E-state index contributed by atoms with van der Waals surface area (Å²) in [6.45, 7) is 1.68. The normalized spacial score (nSPS) is 15.8. The molecular formula is C24H21FN2O3S. The number of carbonyl (C=O) groups is 2. The summed E-state index contributed by atoms with van der Waals surface area (Å²) in [6.07, 6.45) is 0. The Morgan fingerprint density at radius 3 is 2.58 bits per heavy atom. The van der Waals surface area contributed by atoms with Gasteiger partial charge in [-0.2, -0.15) is 0 Å². The van der Waals surface area contributed by atoms with E-state index in [9.17, 15) is 14.0 Å². The molecule has 158 valence electrons. The van der Waals surface area contributed by atoms with Crippen molar-refractivity contribution in [3.63, 3.8) is 0 Å². The highest BCUT2D eigenvalue weighted by molar-refractivity contribution is 8.00. The number of benzene rings is 3. The number of nitrogens with zero attached hydrogens (tertiary/aromatic N) is 1. The van der Waals surface area contributed by atoms with Gasteiger partial charge in [-0.15, -0.1) is 11.8 Å². The fourth-order valence-electron chi connectivity index (χ4n) is 3.55. The lowest BCUT2D eigenvalue weighted by molar-refractivity contribution is -0.115. The van der Waals surface area contributed by atoms with Gasteiger partial charge in [0.1, 0.15) is 16.9 Å². The fourth-order valence-corrected chi connectivity index (χ4v) is 4.72. The maximum Gasteiger partial charge on any atom is 0.259 e. The number of rotatable bonds is 5. The molecular weight excluding hydrogens is 415 g/mol. The Labute approximate surface area is 184 Å². The first-order valence-electron chi connectivity index (χ1n) is 9.72. The Balaban J connectivity index is 1.55. The molecule has 5 nitrogen and oxygen atoms in total. The molecule has 1 fully saturated rings. The summed E-state index contributed by atoms with van der Waals surface area (Å²) in [5, 5.41) is 2.61. The van der Waals surface area contributed by atoms with Crippen LogP contribution in [0, 0.1) is 12.7 Å². The molecule has 1 N–H and O–H groups in total. The number of amides is 2. The molecule has 1 aliphatic rings. The molecule has 1 aliphatic heterocycles. The number of methoxy groups -OCH3 is 1. The number of hydrogen-bond acceptors (Lipinski definition) is 4. The number of halogens is 1. The van der Waals surface area contributed by atoms with Crippen LogP contribution in [0.3, 0.4) is 0 Å². The summed E-state index contributed by atoms with van der Waals surface area (Å²) in [6, 6.07) is 19.1. The van der Waals surface area contributed by atoms with Crippen LogP contribution in [-0.2, 0) is 4.79 Å². The minimum absolute atomic E-state index is 0.0581. The molecule has 3 aromatic carbocycles. The van der Waals surface area contributed by atoms with Crippen LogP contribution in [0.2, 0.25) is 0 Å². The van der Waals surface area contributed by atoms with Crippen molar-refractivity contribution in [2.75, 3.05) is 23.1 Å². The zero-order valence-electron chi connectivity index (χ0n) is 17.1. The highest BCUT2D eigenvalue weighted by atomic mass is 32.2. The summed E-state index contributed by atoms with van der Waals surface area (Å²) in [4.78, 5) is 26.8. The topological polar surface area (TPSA) is 58.6 Å². The van der Waals surface area contributed by atoms with E-state index in [2.05, 4.69) is 5.32 Å². The van der Waals surface area contributed by atoms with Crippen molar-refractivity contribution in [3.05, 3.63) is 89.2 Å². The van der Waals surface area contributed by atoms with Crippen LogP contribution < -0.4 is 15.0 Å². The van der Waals surface area contributed by atoms with Gasteiger partial charge in [-0.1, -0.05) is 30.3 Å². The van der Waals surface area contributed by atoms with Crippen LogP contribution in [0.15, 0.2) is 66.7 Å². The molecule has 4 rings (SSSR count). The second-order valence-electron chi connectivity index (χ2n) is 7.09. The van der Waals surface area contributed by atoms with E-state index in [0.717, 1.165) is 5.56 Å². The molecule has 0 bridgehead atoms. The number of anilines is 2. The molecule has 1 heterocycles. The van der Waals surface area contributed by atoms with Gasteiger partial charge in [0.2, 0.25) is 5.91 Å². The Morgan fingerprint density at radius 1 is 1.10 bits per heavy atom. The smallest absolute Gasteiger partial charge is 0.259 e. The first-order chi connectivity index (χ1) is 15.0. The highest BCUT2D eigenvalue weighted by Crippen LogP contribution is 2.43.